The molecule has 0 saturated heterocycles. The Hall–Kier alpha value is -1.76. The quantitative estimate of drug-likeness (QED) is 0.922. The molecule has 5 nitrogen and oxygen atoms in total. The zero-order chi connectivity index (χ0) is 12.6. The third-order valence-electron chi connectivity index (χ3n) is 2.25. The molecule has 0 radical (unpaired) electrons. The molecule has 0 aliphatic rings. The van der Waals surface area contributed by atoms with E-state index in [1.165, 1.54) is 16.8 Å². The fourth-order valence-corrected chi connectivity index (χ4v) is 2.06. The molecule has 7 heteroatoms. The Balaban J connectivity index is 2.71. The van der Waals surface area contributed by atoms with Crippen LogP contribution in [0.3, 0.4) is 0 Å². The highest BCUT2D eigenvalue weighted by Crippen LogP contribution is 2.29. The van der Waals surface area contributed by atoms with Crippen LogP contribution in [0, 0.1) is 5.82 Å². The molecule has 0 atom stereocenters. The Bertz CT molecular complexity index is 578. The summed E-state index contributed by atoms with van der Waals surface area (Å²) in [5, 5.41) is 16.5. The molecule has 88 valence electrons. The molecule has 0 bridgehead atoms. The number of aromatic nitrogens is 3. The normalized spacial score (nSPS) is 10.5. The number of halogens is 2. The van der Waals surface area contributed by atoms with E-state index in [-0.39, 0.29) is 5.56 Å². The largest absolute Gasteiger partial charge is 0.478 e. The number of carboxylic acid groups (broad SMARTS) is 1. The minimum absolute atomic E-state index is 0.129. The van der Waals surface area contributed by atoms with Crippen molar-refractivity contribution in [2.24, 2.45) is 7.05 Å². The summed E-state index contributed by atoms with van der Waals surface area (Å²) in [6, 6.07) is 3.56. The van der Waals surface area contributed by atoms with E-state index in [4.69, 9.17) is 5.11 Å². The summed E-state index contributed by atoms with van der Waals surface area (Å²) >= 11 is 3.17. The minimum Gasteiger partial charge on any atom is -0.478 e. The molecular formula is C10H7BrFN3O2. The highest BCUT2D eigenvalue weighted by atomic mass is 79.9. The van der Waals surface area contributed by atoms with Crippen molar-refractivity contribution in [1.29, 1.82) is 0 Å². The van der Waals surface area contributed by atoms with Crippen LogP contribution >= 0.6 is 15.9 Å². The fraction of sp³-hybridized carbons (Fsp3) is 0.100. The van der Waals surface area contributed by atoms with Gasteiger partial charge in [-0.05, 0) is 34.1 Å². The second kappa shape index (κ2) is 4.25. The van der Waals surface area contributed by atoms with Crippen molar-refractivity contribution in [2.75, 3.05) is 0 Å². The topological polar surface area (TPSA) is 68.0 Å². The Morgan fingerprint density at radius 2 is 2.24 bits per heavy atom. The molecule has 0 spiro atoms. The molecule has 0 fully saturated rings. The number of aryl methyl sites for hydroxylation is 1. The SMILES string of the molecule is Cn1nnc(Br)c1-c1ccc(F)cc1C(=O)O. The summed E-state index contributed by atoms with van der Waals surface area (Å²) in [4.78, 5) is 11.1. The van der Waals surface area contributed by atoms with Gasteiger partial charge < -0.3 is 5.11 Å². The smallest absolute Gasteiger partial charge is 0.336 e. The number of nitrogens with zero attached hydrogens (tertiary/aromatic N) is 3. The molecule has 17 heavy (non-hydrogen) atoms. The lowest BCUT2D eigenvalue weighted by Gasteiger charge is -2.06. The van der Waals surface area contributed by atoms with Crippen LogP contribution in [0.15, 0.2) is 22.8 Å². The first-order valence-corrected chi connectivity index (χ1v) is 5.38. The summed E-state index contributed by atoms with van der Waals surface area (Å²) in [5.41, 5.74) is 0.719. The van der Waals surface area contributed by atoms with E-state index < -0.39 is 11.8 Å². The zero-order valence-corrected chi connectivity index (χ0v) is 10.3. The van der Waals surface area contributed by atoms with Crippen LogP contribution in [0.4, 0.5) is 4.39 Å². The van der Waals surface area contributed by atoms with Crippen molar-refractivity contribution in [3.8, 4) is 11.3 Å². The summed E-state index contributed by atoms with van der Waals surface area (Å²) < 4.78 is 14.9. The first kappa shape index (κ1) is 11.7. The maximum Gasteiger partial charge on any atom is 0.336 e. The van der Waals surface area contributed by atoms with Crippen LogP contribution in [-0.4, -0.2) is 26.1 Å². The van der Waals surface area contributed by atoms with Crippen molar-refractivity contribution >= 4 is 21.9 Å². The highest BCUT2D eigenvalue weighted by Gasteiger charge is 2.18. The van der Waals surface area contributed by atoms with Crippen LogP contribution in [0.1, 0.15) is 10.4 Å². The van der Waals surface area contributed by atoms with Gasteiger partial charge in [0.25, 0.3) is 0 Å². The molecule has 1 aromatic carbocycles. The van der Waals surface area contributed by atoms with E-state index in [1.807, 2.05) is 0 Å². The number of rotatable bonds is 2. The average Bonchev–Trinajstić information content (AvgIpc) is 2.59. The second-order valence-electron chi connectivity index (χ2n) is 3.35. The predicted molar refractivity (Wildman–Crippen MR) is 61.1 cm³/mol. The number of carbonyl (C=O) groups is 1. The van der Waals surface area contributed by atoms with Gasteiger partial charge in [-0.15, -0.1) is 5.10 Å². The van der Waals surface area contributed by atoms with Gasteiger partial charge in [0, 0.05) is 12.6 Å². The van der Waals surface area contributed by atoms with Gasteiger partial charge in [0.15, 0.2) is 4.60 Å². The van der Waals surface area contributed by atoms with Crippen molar-refractivity contribution in [1.82, 2.24) is 15.0 Å². The molecule has 0 aliphatic carbocycles. The van der Waals surface area contributed by atoms with Gasteiger partial charge in [-0.25, -0.2) is 13.9 Å². The van der Waals surface area contributed by atoms with Gasteiger partial charge in [-0.1, -0.05) is 5.21 Å². The fourth-order valence-electron chi connectivity index (χ4n) is 1.52. The van der Waals surface area contributed by atoms with E-state index in [1.54, 1.807) is 7.05 Å². The van der Waals surface area contributed by atoms with E-state index in [0.29, 0.717) is 15.9 Å². The van der Waals surface area contributed by atoms with Gasteiger partial charge in [-0.3, -0.25) is 0 Å². The number of hydrogen-bond donors (Lipinski definition) is 1. The first-order chi connectivity index (χ1) is 8.00. The minimum atomic E-state index is -1.20. The molecule has 0 aliphatic heterocycles. The third kappa shape index (κ3) is 2.05. The van der Waals surface area contributed by atoms with Crippen LogP contribution in [0.2, 0.25) is 0 Å². The van der Waals surface area contributed by atoms with E-state index in [2.05, 4.69) is 26.2 Å². The van der Waals surface area contributed by atoms with Crippen molar-refractivity contribution < 1.29 is 14.3 Å². The number of aromatic carboxylic acids is 1. The van der Waals surface area contributed by atoms with Crippen LogP contribution in [-0.2, 0) is 7.05 Å². The molecule has 2 rings (SSSR count). The summed E-state index contributed by atoms with van der Waals surface area (Å²) in [7, 11) is 1.63. The summed E-state index contributed by atoms with van der Waals surface area (Å²) in [6.07, 6.45) is 0. The lowest BCUT2D eigenvalue weighted by atomic mass is 10.0. The third-order valence-corrected chi connectivity index (χ3v) is 2.79. The van der Waals surface area contributed by atoms with E-state index in [0.717, 1.165) is 6.07 Å². The predicted octanol–water partition coefficient (Wildman–Crippen LogP) is 2.08. The van der Waals surface area contributed by atoms with Crippen LogP contribution < -0.4 is 0 Å². The van der Waals surface area contributed by atoms with Gasteiger partial charge in [0.05, 0.1) is 5.56 Å². The van der Waals surface area contributed by atoms with Crippen molar-refractivity contribution in [2.45, 2.75) is 0 Å². The molecule has 0 unspecified atom stereocenters. The Morgan fingerprint density at radius 3 is 2.76 bits per heavy atom. The van der Waals surface area contributed by atoms with Crippen LogP contribution in [0.5, 0.6) is 0 Å². The zero-order valence-electron chi connectivity index (χ0n) is 8.69. The maximum absolute atomic E-state index is 13.0. The lowest BCUT2D eigenvalue weighted by Crippen LogP contribution is -2.03. The Morgan fingerprint density at radius 1 is 1.53 bits per heavy atom. The van der Waals surface area contributed by atoms with Crippen molar-refractivity contribution in [3.63, 3.8) is 0 Å². The van der Waals surface area contributed by atoms with Gasteiger partial charge in [0.1, 0.15) is 11.5 Å². The number of carboxylic acids is 1. The molecular weight excluding hydrogens is 293 g/mol. The molecule has 0 amide bonds. The average molecular weight is 300 g/mol. The van der Waals surface area contributed by atoms with Gasteiger partial charge in [0.2, 0.25) is 0 Å². The second-order valence-corrected chi connectivity index (χ2v) is 4.10. The highest BCUT2D eigenvalue weighted by molar-refractivity contribution is 9.10. The standard InChI is InChI=1S/C10H7BrFN3O2/c1-15-8(9(11)13-14-15)6-3-2-5(12)4-7(6)10(16)17/h2-4H,1H3,(H,16,17). The number of hydrogen-bond acceptors (Lipinski definition) is 3. The molecule has 1 aromatic heterocycles. The monoisotopic (exact) mass is 299 g/mol. The van der Waals surface area contributed by atoms with E-state index in [9.17, 15) is 9.18 Å². The van der Waals surface area contributed by atoms with Crippen molar-refractivity contribution in [3.05, 3.63) is 34.2 Å². The Labute approximate surface area is 104 Å². The summed E-state index contributed by atoms with van der Waals surface area (Å²) in [5.74, 6) is -1.80. The Kier molecular flexibility index (Phi) is 2.93. The molecule has 0 saturated carbocycles. The maximum atomic E-state index is 13.0. The van der Waals surface area contributed by atoms with E-state index >= 15 is 0 Å². The van der Waals surface area contributed by atoms with Crippen LogP contribution in [0.25, 0.3) is 11.3 Å². The summed E-state index contributed by atoms with van der Waals surface area (Å²) in [6.45, 7) is 0. The lowest BCUT2D eigenvalue weighted by molar-refractivity contribution is 0.0697. The number of benzene rings is 1. The molecule has 1 N–H and O–H groups in total. The first-order valence-electron chi connectivity index (χ1n) is 4.59. The van der Waals surface area contributed by atoms with Gasteiger partial charge >= 0.3 is 5.97 Å². The van der Waals surface area contributed by atoms with Gasteiger partial charge in [-0.2, -0.15) is 0 Å². The molecule has 1 heterocycles. The molecule has 2 aromatic rings.